The molecule has 6 heteroatoms. The average molecular weight is 374 g/mol. The standard InChI is InChI=1S/C15H18BrClN2O2/c1-14(2)12-9(5-6-21-12)15(14,18)13(20)19-11-7-8(16)3-4-10(11)17/h3-4,7,9,12H,5-6,18H2,1-2H3,(H,19,20). The van der Waals surface area contributed by atoms with Crippen LogP contribution in [0.5, 0.6) is 0 Å². The number of nitrogens with one attached hydrogen (secondary N) is 1. The molecule has 1 aromatic carbocycles. The minimum absolute atomic E-state index is 0.0613. The van der Waals surface area contributed by atoms with Gasteiger partial charge in [-0.1, -0.05) is 41.4 Å². The summed E-state index contributed by atoms with van der Waals surface area (Å²) in [5, 5.41) is 3.37. The molecule has 3 atom stereocenters. The lowest BCUT2D eigenvalue weighted by Crippen LogP contribution is -2.79. The third-order valence-corrected chi connectivity index (χ3v) is 5.83. The first-order valence-electron chi connectivity index (χ1n) is 6.95. The first-order chi connectivity index (χ1) is 9.78. The van der Waals surface area contributed by atoms with Crippen molar-refractivity contribution in [2.45, 2.75) is 31.9 Å². The average Bonchev–Trinajstić information content (AvgIpc) is 2.90. The number of anilines is 1. The molecule has 1 saturated heterocycles. The van der Waals surface area contributed by atoms with Crippen LogP contribution in [0.3, 0.4) is 0 Å². The second kappa shape index (κ2) is 4.95. The van der Waals surface area contributed by atoms with Crippen LogP contribution in [0, 0.1) is 11.3 Å². The predicted molar refractivity (Wildman–Crippen MR) is 86.3 cm³/mol. The van der Waals surface area contributed by atoms with Gasteiger partial charge in [-0.25, -0.2) is 0 Å². The van der Waals surface area contributed by atoms with Crippen LogP contribution < -0.4 is 11.1 Å². The number of hydrogen-bond donors (Lipinski definition) is 2. The van der Waals surface area contributed by atoms with Crippen LogP contribution in [-0.4, -0.2) is 24.2 Å². The van der Waals surface area contributed by atoms with E-state index in [0.717, 1.165) is 10.9 Å². The molecule has 1 saturated carbocycles. The first kappa shape index (κ1) is 15.3. The summed E-state index contributed by atoms with van der Waals surface area (Å²) in [5.74, 6) is -0.127. The predicted octanol–water partition coefficient (Wildman–Crippen LogP) is 3.18. The number of carbonyl (C=O) groups is 1. The summed E-state index contributed by atoms with van der Waals surface area (Å²) in [7, 11) is 0. The van der Waals surface area contributed by atoms with E-state index in [1.807, 2.05) is 19.9 Å². The zero-order chi connectivity index (χ0) is 15.4. The summed E-state index contributed by atoms with van der Waals surface area (Å²) in [6.07, 6.45) is 0.885. The molecule has 2 aliphatic rings. The zero-order valence-corrected chi connectivity index (χ0v) is 14.3. The quantitative estimate of drug-likeness (QED) is 0.837. The Labute approximate surface area is 137 Å². The van der Waals surface area contributed by atoms with Gasteiger partial charge < -0.3 is 15.8 Å². The van der Waals surface area contributed by atoms with Crippen LogP contribution in [0.4, 0.5) is 5.69 Å². The van der Waals surface area contributed by atoms with Crippen LogP contribution >= 0.6 is 27.5 Å². The molecule has 2 fully saturated rings. The number of nitrogens with two attached hydrogens (primary N) is 1. The van der Waals surface area contributed by atoms with E-state index in [2.05, 4.69) is 21.2 Å². The fourth-order valence-electron chi connectivity index (χ4n) is 3.66. The van der Waals surface area contributed by atoms with Crippen molar-refractivity contribution in [1.82, 2.24) is 0 Å². The Kier molecular flexibility index (Phi) is 3.60. The lowest BCUT2D eigenvalue weighted by Gasteiger charge is -2.60. The largest absolute Gasteiger partial charge is 0.377 e. The molecule has 1 aromatic rings. The Morgan fingerprint density at radius 3 is 2.95 bits per heavy atom. The van der Waals surface area contributed by atoms with Crippen molar-refractivity contribution in [3.63, 3.8) is 0 Å². The summed E-state index contributed by atoms with van der Waals surface area (Å²) >= 11 is 9.51. The Bertz CT molecular complexity index is 607. The van der Waals surface area contributed by atoms with Crippen LogP contribution in [0.15, 0.2) is 22.7 Å². The van der Waals surface area contributed by atoms with Crippen molar-refractivity contribution in [2.75, 3.05) is 11.9 Å². The highest BCUT2D eigenvalue weighted by Crippen LogP contribution is 2.58. The molecular formula is C15H18BrClN2O2. The lowest BCUT2D eigenvalue weighted by molar-refractivity contribution is -0.170. The SMILES string of the molecule is CC1(C)C2OCCC2C1(N)C(=O)Nc1cc(Br)ccc1Cl. The minimum atomic E-state index is -0.931. The molecule has 1 aliphatic carbocycles. The zero-order valence-electron chi connectivity index (χ0n) is 12.0. The maximum atomic E-state index is 12.8. The number of ether oxygens (including phenoxy) is 1. The van der Waals surface area contributed by atoms with E-state index < -0.39 is 11.0 Å². The van der Waals surface area contributed by atoms with Gasteiger partial charge in [-0.2, -0.15) is 0 Å². The molecule has 0 bridgehead atoms. The number of amides is 1. The van der Waals surface area contributed by atoms with Crippen molar-refractivity contribution < 1.29 is 9.53 Å². The fraction of sp³-hybridized carbons (Fsp3) is 0.533. The minimum Gasteiger partial charge on any atom is -0.377 e. The second-order valence-corrected chi connectivity index (χ2v) is 7.68. The van der Waals surface area contributed by atoms with Gasteiger partial charge >= 0.3 is 0 Å². The van der Waals surface area contributed by atoms with Gasteiger partial charge in [-0.05, 0) is 24.6 Å². The van der Waals surface area contributed by atoms with E-state index in [4.69, 9.17) is 22.1 Å². The molecule has 114 valence electrons. The van der Waals surface area contributed by atoms with E-state index in [1.54, 1.807) is 12.1 Å². The first-order valence-corrected chi connectivity index (χ1v) is 8.12. The topological polar surface area (TPSA) is 64.3 Å². The second-order valence-electron chi connectivity index (χ2n) is 6.36. The number of halogens is 2. The summed E-state index contributed by atoms with van der Waals surface area (Å²) < 4.78 is 6.56. The molecular weight excluding hydrogens is 356 g/mol. The Hall–Kier alpha value is -0.620. The van der Waals surface area contributed by atoms with Crippen molar-refractivity contribution in [3.05, 3.63) is 27.7 Å². The van der Waals surface area contributed by atoms with Gasteiger partial charge in [0.15, 0.2) is 0 Å². The van der Waals surface area contributed by atoms with Gasteiger partial charge in [0.2, 0.25) is 5.91 Å². The smallest absolute Gasteiger partial charge is 0.245 e. The molecule has 0 aromatic heterocycles. The summed E-state index contributed by atoms with van der Waals surface area (Å²) in [5.41, 5.74) is 5.74. The monoisotopic (exact) mass is 372 g/mol. The van der Waals surface area contributed by atoms with Gasteiger partial charge in [-0.3, -0.25) is 4.79 Å². The van der Waals surface area contributed by atoms with Crippen molar-refractivity contribution >= 4 is 39.1 Å². The highest BCUT2D eigenvalue weighted by Gasteiger charge is 2.71. The highest BCUT2D eigenvalue weighted by atomic mass is 79.9. The highest BCUT2D eigenvalue weighted by molar-refractivity contribution is 9.10. The van der Waals surface area contributed by atoms with Gasteiger partial charge in [0.1, 0.15) is 5.54 Å². The number of fused-ring (bicyclic) bond motifs is 1. The maximum absolute atomic E-state index is 12.8. The van der Waals surface area contributed by atoms with Crippen LogP contribution in [0.1, 0.15) is 20.3 Å². The summed E-state index contributed by atoms with van der Waals surface area (Å²) in [6, 6.07) is 5.33. The molecule has 0 radical (unpaired) electrons. The van der Waals surface area contributed by atoms with Gasteiger partial charge in [0, 0.05) is 22.4 Å². The van der Waals surface area contributed by atoms with E-state index in [-0.39, 0.29) is 17.9 Å². The van der Waals surface area contributed by atoms with Crippen molar-refractivity contribution in [1.29, 1.82) is 0 Å². The van der Waals surface area contributed by atoms with E-state index >= 15 is 0 Å². The number of benzene rings is 1. The third kappa shape index (κ3) is 2.05. The molecule has 3 unspecified atom stereocenters. The van der Waals surface area contributed by atoms with Crippen LogP contribution in [-0.2, 0) is 9.53 Å². The molecule has 21 heavy (non-hydrogen) atoms. The lowest BCUT2D eigenvalue weighted by atomic mass is 9.48. The van der Waals surface area contributed by atoms with E-state index in [0.29, 0.717) is 17.3 Å². The molecule has 4 nitrogen and oxygen atoms in total. The Balaban J connectivity index is 1.87. The molecule has 1 amide bonds. The number of rotatable bonds is 2. The summed E-state index contributed by atoms with van der Waals surface area (Å²) in [4.78, 5) is 12.8. The molecule has 3 N–H and O–H groups in total. The normalized spacial score (nSPS) is 33.2. The number of carbonyl (C=O) groups excluding carboxylic acids is 1. The Morgan fingerprint density at radius 1 is 1.52 bits per heavy atom. The van der Waals surface area contributed by atoms with Crippen molar-refractivity contribution in [3.8, 4) is 0 Å². The van der Waals surface area contributed by atoms with Gasteiger partial charge in [0.05, 0.1) is 16.8 Å². The summed E-state index contributed by atoms with van der Waals surface area (Å²) in [6.45, 7) is 4.64. The van der Waals surface area contributed by atoms with Crippen LogP contribution in [0.2, 0.25) is 5.02 Å². The fourth-order valence-corrected chi connectivity index (χ4v) is 4.19. The molecule has 3 rings (SSSR count). The van der Waals surface area contributed by atoms with Gasteiger partial charge in [0.25, 0.3) is 0 Å². The maximum Gasteiger partial charge on any atom is 0.245 e. The number of hydrogen-bond acceptors (Lipinski definition) is 3. The van der Waals surface area contributed by atoms with E-state index in [1.165, 1.54) is 0 Å². The molecule has 1 heterocycles. The van der Waals surface area contributed by atoms with Crippen molar-refractivity contribution in [2.24, 2.45) is 17.1 Å². The molecule has 0 spiro atoms. The molecule has 1 aliphatic heterocycles. The Morgan fingerprint density at radius 2 is 2.24 bits per heavy atom. The van der Waals surface area contributed by atoms with E-state index in [9.17, 15) is 4.79 Å². The van der Waals surface area contributed by atoms with Gasteiger partial charge in [-0.15, -0.1) is 0 Å². The third-order valence-electron chi connectivity index (χ3n) is 5.01. The van der Waals surface area contributed by atoms with Crippen LogP contribution in [0.25, 0.3) is 0 Å².